The number of hydrogen-bond donors (Lipinski definition) is 2. The van der Waals surface area contributed by atoms with Crippen LogP contribution < -0.4 is 5.32 Å². The molecule has 1 heterocycles. The zero-order chi connectivity index (χ0) is 11.4. The molecule has 5 heteroatoms. The van der Waals surface area contributed by atoms with Crippen molar-refractivity contribution in [3.63, 3.8) is 0 Å². The van der Waals surface area contributed by atoms with Crippen molar-refractivity contribution in [1.29, 1.82) is 5.41 Å². The van der Waals surface area contributed by atoms with E-state index in [0.717, 1.165) is 0 Å². The van der Waals surface area contributed by atoms with Crippen LogP contribution in [0.3, 0.4) is 0 Å². The normalized spacial score (nSPS) is 18.1. The number of halogens is 2. The molecule has 1 aliphatic heterocycles. The molecule has 0 aromatic heterocycles. The van der Waals surface area contributed by atoms with E-state index in [1.54, 1.807) is 13.8 Å². The minimum atomic E-state index is -2.71. The first-order valence-electron chi connectivity index (χ1n) is 4.93. The lowest BCUT2D eigenvalue weighted by atomic mass is 9.99. The zero-order valence-corrected chi connectivity index (χ0v) is 8.89. The summed E-state index contributed by atoms with van der Waals surface area (Å²) in [7, 11) is 0. The molecular weight excluding hydrogens is 202 g/mol. The summed E-state index contributed by atoms with van der Waals surface area (Å²) in [6.45, 7) is 4.79. The second-order valence-corrected chi connectivity index (χ2v) is 3.87. The van der Waals surface area contributed by atoms with Gasteiger partial charge < -0.3 is 10.1 Å². The van der Waals surface area contributed by atoms with Gasteiger partial charge in [-0.05, 0) is 11.5 Å². The molecule has 15 heavy (non-hydrogen) atoms. The first kappa shape index (κ1) is 12.1. The van der Waals surface area contributed by atoms with E-state index >= 15 is 0 Å². The number of hydrogen-bond acceptors (Lipinski definition) is 3. The topological polar surface area (TPSA) is 45.1 Å². The number of ether oxygens (including phenoxy) is 1. The van der Waals surface area contributed by atoms with Gasteiger partial charge in [-0.1, -0.05) is 13.8 Å². The predicted octanol–water partition coefficient (Wildman–Crippen LogP) is 1.80. The second-order valence-electron chi connectivity index (χ2n) is 3.87. The molecule has 0 aromatic carbocycles. The number of rotatable bonds is 5. The van der Waals surface area contributed by atoms with Gasteiger partial charge in [0, 0.05) is 6.20 Å². The Labute approximate surface area is 88.0 Å². The first-order valence-corrected chi connectivity index (χ1v) is 4.93. The molecule has 86 valence electrons. The molecule has 1 rings (SSSR count). The van der Waals surface area contributed by atoms with Crippen LogP contribution in [0, 0.1) is 11.3 Å². The molecule has 0 aliphatic carbocycles. The highest BCUT2D eigenvalue weighted by Gasteiger charge is 2.21. The van der Waals surface area contributed by atoms with Crippen LogP contribution in [0.5, 0.6) is 0 Å². The van der Waals surface area contributed by atoms with Crippen molar-refractivity contribution in [2.45, 2.75) is 26.3 Å². The molecule has 0 aromatic rings. The van der Waals surface area contributed by atoms with Crippen molar-refractivity contribution in [2.75, 3.05) is 13.2 Å². The summed E-state index contributed by atoms with van der Waals surface area (Å²) >= 11 is 0. The summed E-state index contributed by atoms with van der Waals surface area (Å²) in [4.78, 5) is 0. The maximum Gasteiger partial charge on any atom is 0.280 e. The highest BCUT2D eigenvalue weighted by Crippen LogP contribution is 2.15. The molecule has 0 amide bonds. The summed E-state index contributed by atoms with van der Waals surface area (Å²) < 4.78 is 29.6. The Balaban J connectivity index is 2.59. The number of allylic oxidation sites excluding steroid dienone is 1. The SMILES string of the molecule is CC(C)/C(=C/NC1COC1)C(=N)C(F)F. The van der Waals surface area contributed by atoms with Crippen LogP contribution in [-0.4, -0.2) is 31.4 Å². The summed E-state index contributed by atoms with van der Waals surface area (Å²) in [5.74, 6) is -0.0833. The fourth-order valence-electron chi connectivity index (χ4n) is 1.22. The van der Waals surface area contributed by atoms with Gasteiger partial charge >= 0.3 is 0 Å². The molecule has 0 atom stereocenters. The standard InChI is InChI=1S/C10H16F2N2O/c1-6(2)8(9(13)10(11)12)3-14-7-4-15-5-7/h3,6-7,10,13-14H,4-5H2,1-2H3/b8-3-,13-9?. The summed E-state index contributed by atoms with van der Waals surface area (Å²) in [5, 5.41) is 10.2. The minimum Gasteiger partial charge on any atom is -0.383 e. The van der Waals surface area contributed by atoms with Crippen LogP contribution in [0.15, 0.2) is 11.8 Å². The van der Waals surface area contributed by atoms with Crippen molar-refractivity contribution in [3.8, 4) is 0 Å². The molecular formula is C10H16F2N2O. The van der Waals surface area contributed by atoms with Crippen LogP contribution in [0.4, 0.5) is 8.78 Å². The molecule has 1 fully saturated rings. The van der Waals surface area contributed by atoms with E-state index in [4.69, 9.17) is 10.1 Å². The number of alkyl halides is 2. The molecule has 2 N–H and O–H groups in total. The van der Waals surface area contributed by atoms with Gasteiger partial charge in [0.1, 0.15) is 5.71 Å². The summed E-state index contributed by atoms with van der Waals surface area (Å²) in [6.07, 6.45) is -1.19. The lowest BCUT2D eigenvalue weighted by Gasteiger charge is -2.27. The second kappa shape index (κ2) is 5.21. The Morgan fingerprint density at radius 1 is 1.47 bits per heavy atom. The van der Waals surface area contributed by atoms with Crippen molar-refractivity contribution < 1.29 is 13.5 Å². The third-order valence-electron chi connectivity index (χ3n) is 2.26. The van der Waals surface area contributed by atoms with E-state index in [1.165, 1.54) is 6.20 Å². The minimum absolute atomic E-state index is 0.0833. The molecule has 1 aliphatic rings. The van der Waals surface area contributed by atoms with Crippen molar-refractivity contribution >= 4 is 5.71 Å². The Bertz CT molecular complexity index is 260. The largest absolute Gasteiger partial charge is 0.383 e. The lowest BCUT2D eigenvalue weighted by Crippen LogP contribution is -2.43. The fraction of sp³-hybridized carbons (Fsp3) is 0.700. The smallest absolute Gasteiger partial charge is 0.280 e. The van der Waals surface area contributed by atoms with E-state index in [-0.39, 0.29) is 12.0 Å². The predicted molar refractivity (Wildman–Crippen MR) is 54.4 cm³/mol. The molecule has 0 spiro atoms. The molecule has 0 saturated carbocycles. The molecule has 1 saturated heterocycles. The molecule has 0 radical (unpaired) electrons. The van der Waals surface area contributed by atoms with Crippen molar-refractivity contribution in [3.05, 3.63) is 11.8 Å². The van der Waals surface area contributed by atoms with Gasteiger partial charge in [-0.25, -0.2) is 8.78 Å². The Morgan fingerprint density at radius 3 is 2.40 bits per heavy atom. The Hall–Kier alpha value is -0.970. The molecule has 3 nitrogen and oxygen atoms in total. The van der Waals surface area contributed by atoms with Gasteiger partial charge in [-0.15, -0.1) is 0 Å². The van der Waals surface area contributed by atoms with Gasteiger partial charge in [0.2, 0.25) is 0 Å². The van der Waals surface area contributed by atoms with Crippen LogP contribution in [0.2, 0.25) is 0 Å². The van der Waals surface area contributed by atoms with E-state index in [0.29, 0.717) is 18.8 Å². The zero-order valence-electron chi connectivity index (χ0n) is 8.89. The molecule has 0 unspecified atom stereocenters. The van der Waals surface area contributed by atoms with E-state index in [1.807, 2.05) is 0 Å². The Morgan fingerprint density at radius 2 is 2.07 bits per heavy atom. The Kier molecular flexibility index (Phi) is 4.20. The lowest BCUT2D eigenvalue weighted by molar-refractivity contribution is 0.000659. The van der Waals surface area contributed by atoms with Crippen LogP contribution in [0.1, 0.15) is 13.8 Å². The van der Waals surface area contributed by atoms with Gasteiger partial charge in [0.25, 0.3) is 6.43 Å². The van der Waals surface area contributed by atoms with Gasteiger partial charge in [-0.3, -0.25) is 5.41 Å². The highest BCUT2D eigenvalue weighted by molar-refractivity contribution is 6.00. The molecule has 0 bridgehead atoms. The third-order valence-corrected chi connectivity index (χ3v) is 2.26. The maximum atomic E-state index is 12.3. The van der Waals surface area contributed by atoms with Crippen LogP contribution in [0.25, 0.3) is 0 Å². The van der Waals surface area contributed by atoms with Gasteiger partial charge in [0.05, 0.1) is 19.3 Å². The van der Waals surface area contributed by atoms with Crippen LogP contribution >= 0.6 is 0 Å². The average Bonchev–Trinajstić information content (AvgIpc) is 2.07. The van der Waals surface area contributed by atoms with Crippen molar-refractivity contribution in [1.82, 2.24) is 5.32 Å². The number of nitrogens with one attached hydrogen (secondary N) is 2. The van der Waals surface area contributed by atoms with Gasteiger partial charge in [-0.2, -0.15) is 0 Å². The average molecular weight is 218 g/mol. The monoisotopic (exact) mass is 218 g/mol. The quantitative estimate of drug-likeness (QED) is 0.691. The van der Waals surface area contributed by atoms with E-state index in [2.05, 4.69) is 5.32 Å². The summed E-state index contributed by atoms with van der Waals surface area (Å²) in [6, 6.07) is 0.198. The van der Waals surface area contributed by atoms with Gasteiger partial charge in [0.15, 0.2) is 0 Å². The van der Waals surface area contributed by atoms with E-state index < -0.39 is 12.1 Å². The van der Waals surface area contributed by atoms with Crippen LogP contribution in [-0.2, 0) is 4.74 Å². The fourth-order valence-corrected chi connectivity index (χ4v) is 1.22. The first-order chi connectivity index (χ1) is 7.02. The highest BCUT2D eigenvalue weighted by atomic mass is 19.3. The van der Waals surface area contributed by atoms with Crippen molar-refractivity contribution in [2.24, 2.45) is 5.92 Å². The summed E-state index contributed by atoms with van der Waals surface area (Å²) in [5.41, 5.74) is -0.241. The van der Waals surface area contributed by atoms with E-state index in [9.17, 15) is 8.78 Å². The maximum absolute atomic E-state index is 12.3. The third kappa shape index (κ3) is 3.27.